The van der Waals surface area contributed by atoms with Gasteiger partial charge >= 0.3 is 11.9 Å². The Bertz CT molecular complexity index is 7430. The lowest BCUT2D eigenvalue weighted by Crippen LogP contribution is -2.47. The predicted octanol–water partition coefficient (Wildman–Crippen LogP) is 21.8. The van der Waals surface area contributed by atoms with Gasteiger partial charge in [0.2, 0.25) is 0 Å². The molecule has 0 amide bonds. The van der Waals surface area contributed by atoms with Crippen molar-refractivity contribution in [2.24, 2.45) is 5.41 Å². The van der Waals surface area contributed by atoms with E-state index in [2.05, 4.69) is 0 Å². The minimum absolute atomic E-state index is 0.111. The molecule has 5 heteroatoms. The number of hydrogen-bond donors (Lipinski definition) is 0. The maximum absolute atomic E-state index is 18.5. The molecule has 0 radical (unpaired) electrons. The normalized spacial score (nSPS) is 25.5. The highest BCUT2D eigenvalue weighted by molar-refractivity contribution is 7.80. The molecule has 0 heterocycles. The molecule has 36 rings (SSSR count). The molecule has 8 aliphatic carbocycles. The van der Waals surface area contributed by atoms with Gasteiger partial charge in [0.25, 0.3) is 0 Å². The lowest BCUT2D eigenvalue weighted by Gasteiger charge is -2.52. The molecule has 0 aromatic heterocycles. The SMILES string of the molecule is COC(=O)C(C1(C(=O)OC)C23c4c5c6c7c8c9c(c%10c%11c2c2c4c4c%12c5c5c6c6c8c8c%13c9c9c%10c%10c%11c%11c2c2c4c4c%12c%12c5c5c6c8c6c8c%13c9c9c%10c%10c%11c2c2c4c4c%12c5c6c5c8c9c%10c2c45)C713)=P(C1CCCCC1)(C1CCCCC1)C1CCCCC1. The number of esters is 2. The minimum atomic E-state index is -2.71. The molecule has 4 saturated carbocycles. The molecule has 28 aromatic rings. The van der Waals surface area contributed by atoms with Crippen molar-refractivity contribution in [1.29, 1.82) is 0 Å². The number of carbonyl (C=O) groups excluding carboxylic acids is 2. The first-order valence-corrected chi connectivity index (χ1v) is 36.8. The third-order valence-corrected chi connectivity index (χ3v) is 39.0. The highest BCUT2D eigenvalue weighted by Crippen LogP contribution is 2.98. The zero-order valence-electron chi connectivity index (χ0n) is 48.4. The van der Waals surface area contributed by atoms with E-state index in [1.165, 1.54) is 166 Å². The highest BCUT2D eigenvalue weighted by Gasteiger charge is 3.00. The van der Waals surface area contributed by atoms with Gasteiger partial charge in [0.05, 0.1) is 30.3 Å². The first kappa shape index (κ1) is 39.0. The molecule has 28 aromatic carbocycles. The van der Waals surface area contributed by atoms with Crippen LogP contribution in [-0.2, 0) is 29.9 Å². The van der Waals surface area contributed by atoms with E-state index in [-0.39, 0.29) is 11.9 Å². The number of benzene rings is 18. The quantitative estimate of drug-likeness (QED) is 0.0946. The van der Waals surface area contributed by atoms with Crippen molar-refractivity contribution in [2.45, 2.75) is 124 Å². The van der Waals surface area contributed by atoms with E-state index in [0.717, 1.165) is 43.8 Å². The summed E-state index contributed by atoms with van der Waals surface area (Å²) in [6, 6.07) is 0. The summed E-state index contributed by atoms with van der Waals surface area (Å²) in [7, 11) is 3.52. The average Bonchev–Trinajstić information content (AvgIpc) is 1.35. The van der Waals surface area contributed by atoms with E-state index in [9.17, 15) is 0 Å². The summed E-state index contributed by atoms with van der Waals surface area (Å²) in [5.41, 5.74) is 3.75. The minimum Gasteiger partial charge on any atom is -0.468 e. The van der Waals surface area contributed by atoms with Crippen LogP contribution in [-0.4, -0.2) is 48.4 Å². The Balaban J connectivity index is 0.991. The first-order valence-electron chi connectivity index (χ1n) is 34.8. The van der Waals surface area contributed by atoms with Gasteiger partial charge in [-0.25, -0.2) is 4.79 Å². The number of rotatable bonds is 6. The second-order valence-electron chi connectivity index (χ2n) is 33.0. The Morgan fingerprint density at radius 1 is 0.258 bits per heavy atom. The molecule has 4 nitrogen and oxygen atoms in total. The van der Waals surface area contributed by atoms with Gasteiger partial charge in [-0.1, -0.05) is 64.7 Å². The van der Waals surface area contributed by atoms with Crippen LogP contribution in [0.3, 0.4) is 0 Å². The summed E-state index contributed by atoms with van der Waals surface area (Å²) in [5, 5.41) is 84.9. The second-order valence-corrected chi connectivity index (χ2v) is 37.3. The van der Waals surface area contributed by atoms with Gasteiger partial charge in [-0.05, 0) is 369 Å². The molecular formula is C84H39O4P. The fourth-order valence-corrected chi connectivity index (χ4v) is 40.1. The monoisotopic (exact) mass is 1140 g/mol. The Morgan fingerprint density at radius 2 is 0.427 bits per heavy atom. The van der Waals surface area contributed by atoms with E-state index < -0.39 is 23.1 Å². The molecule has 89 heavy (non-hydrogen) atoms. The van der Waals surface area contributed by atoms with Crippen LogP contribution in [0.4, 0.5) is 0 Å². The molecule has 0 atom stereocenters. The molecule has 404 valence electrons. The standard InChI is InChI=1S/C84H39O4P/c1-87-80(85)79(89(18-12-6-3-7-13-18,19-14-8-4-9-15-19)20-16-10-5-11-17-20)84(81(86)88-2)82-75-67-59-49-39-31-23-21-22-25-29-27(23)35-43-37(29)47-41-33(25)34-26(22)30-28-24(21)32(31)40-46-36(28)44-38(30)48-42(34)52-51(41)61-55(47)65-57(43)63(53(59)45(35)39)71(75)73(65)77-69(61)70-62(52)56(48)66-58(44)64-54(46)60(50(40)49)68(67)76(82)72(64)74(66)78(70)83(77,82)84/h18-20H,3-17H2,1-2H3. The van der Waals surface area contributed by atoms with Crippen LogP contribution in [0.5, 0.6) is 0 Å². The van der Waals surface area contributed by atoms with Crippen molar-refractivity contribution in [3.8, 4) is 0 Å². The number of ether oxygens (including phenoxy) is 2. The molecule has 0 N–H and O–H groups in total. The lowest BCUT2D eigenvalue weighted by atomic mass is 9.68. The van der Waals surface area contributed by atoms with E-state index in [1.807, 2.05) is 0 Å². The van der Waals surface area contributed by atoms with Crippen LogP contribution in [0.1, 0.15) is 119 Å². The summed E-state index contributed by atoms with van der Waals surface area (Å²) in [6.07, 6.45) is 18.0. The maximum Gasteiger partial charge on any atom is 0.335 e. The third kappa shape index (κ3) is 2.39. The van der Waals surface area contributed by atoms with E-state index in [0.29, 0.717) is 17.0 Å². The molecule has 0 aliphatic heterocycles. The molecule has 0 bridgehead atoms. The zero-order valence-corrected chi connectivity index (χ0v) is 49.3. The lowest BCUT2D eigenvalue weighted by molar-refractivity contribution is -0.146. The Hall–Kier alpha value is -8.30. The topological polar surface area (TPSA) is 52.6 Å². The van der Waals surface area contributed by atoms with Crippen LogP contribution in [0.25, 0.3) is 291 Å². The maximum atomic E-state index is 18.5. The van der Waals surface area contributed by atoms with Crippen LogP contribution < -0.4 is 0 Å². The van der Waals surface area contributed by atoms with Gasteiger partial charge in [0.1, 0.15) is 5.41 Å². The van der Waals surface area contributed by atoms with Gasteiger partial charge in [-0.2, -0.15) is 0 Å². The Labute approximate surface area is 497 Å². The summed E-state index contributed by atoms with van der Waals surface area (Å²) < 4.78 is 14.2. The van der Waals surface area contributed by atoms with Gasteiger partial charge < -0.3 is 9.47 Å². The highest BCUT2D eigenvalue weighted by atomic mass is 31.2. The summed E-state index contributed by atoms with van der Waals surface area (Å²) in [4.78, 5) is 36.3. The van der Waals surface area contributed by atoms with Crippen LogP contribution in [0.2, 0.25) is 0 Å². The zero-order chi connectivity index (χ0) is 55.0. The Morgan fingerprint density at radius 3 is 0.584 bits per heavy atom. The molecule has 4 fully saturated rings. The molecule has 8 aliphatic rings. The molecule has 0 saturated heterocycles. The van der Waals surface area contributed by atoms with E-state index in [1.54, 1.807) is 219 Å². The molecule has 0 unspecified atom stereocenters. The number of carbonyl (C=O) groups is 2. The third-order valence-electron chi connectivity index (χ3n) is 32.5. The second kappa shape index (κ2) is 9.78. The van der Waals surface area contributed by atoms with Gasteiger partial charge in [0.15, 0.2) is 0 Å². The number of hydrogen-bond acceptors (Lipinski definition) is 4. The fraction of sp³-hybridized carbons (Fsp3) is 0.274. The van der Waals surface area contributed by atoms with Crippen molar-refractivity contribution >= 4 is 315 Å². The van der Waals surface area contributed by atoms with Crippen LogP contribution in [0, 0.1) is 5.41 Å². The molecular weight excluding hydrogens is 1100 g/mol. The van der Waals surface area contributed by atoms with Crippen molar-refractivity contribution in [3.05, 3.63) is 22.3 Å². The van der Waals surface area contributed by atoms with Crippen LogP contribution >= 0.6 is 6.89 Å². The Kier molecular flexibility index (Phi) is 4.28. The largest absolute Gasteiger partial charge is 0.468 e. The summed E-state index contributed by atoms with van der Waals surface area (Å²) >= 11 is 0. The number of methoxy groups -OCH3 is 2. The first-order chi connectivity index (χ1) is 44.1. The van der Waals surface area contributed by atoms with Crippen molar-refractivity contribution < 1.29 is 19.1 Å². The van der Waals surface area contributed by atoms with Gasteiger partial charge in [-0.3, -0.25) is 4.79 Å². The van der Waals surface area contributed by atoms with Crippen molar-refractivity contribution in [3.63, 3.8) is 0 Å². The van der Waals surface area contributed by atoms with Gasteiger partial charge in [-0.15, -0.1) is 0 Å². The summed E-state index contributed by atoms with van der Waals surface area (Å²) in [6.45, 7) is -2.71. The fourth-order valence-electron chi connectivity index (χ4n) is 32.1. The van der Waals surface area contributed by atoms with Crippen LogP contribution in [0.15, 0.2) is 0 Å². The predicted molar refractivity (Wildman–Crippen MR) is 373 cm³/mol. The molecule has 2 spiro atoms. The van der Waals surface area contributed by atoms with Crippen molar-refractivity contribution in [1.82, 2.24) is 0 Å². The van der Waals surface area contributed by atoms with Crippen molar-refractivity contribution in [2.75, 3.05) is 14.2 Å². The van der Waals surface area contributed by atoms with E-state index >= 15 is 9.59 Å². The van der Waals surface area contributed by atoms with E-state index in [4.69, 9.17) is 9.47 Å². The average molecular weight is 1140 g/mol. The van der Waals surface area contributed by atoms with Gasteiger partial charge in [0, 0.05) is 0 Å². The smallest absolute Gasteiger partial charge is 0.335 e. The summed E-state index contributed by atoms with van der Waals surface area (Å²) in [5.74, 6) is -0.235.